The van der Waals surface area contributed by atoms with Crippen LogP contribution in [0.1, 0.15) is 0 Å². The molecule has 2 heterocycles. The van der Waals surface area contributed by atoms with E-state index in [2.05, 4.69) is 4.98 Å². The van der Waals surface area contributed by atoms with Crippen LogP contribution in [0.2, 0.25) is 0 Å². The van der Waals surface area contributed by atoms with Crippen LogP contribution >= 0.6 is 0 Å². The van der Waals surface area contributed by atoms with Crippen LogP contribution in [0.4, 0.5) is 0 Å². The summed E-state index contributed by atoms with van der Waals surface area (Å²) in [6, 6.07) is 25.7. The summed E-state index contributed by atoms with van der Waals surface area (Å²) in [6.45, 7) is 0. The van der Waals surface area contributed by atoms with E-state index in [4.69, 9.17) is 4.52 Å². The molecule has 5 aromatic rings. The quantitative estimate of drug-likeness (QED) is 0.510. The second kappa shape index (κ2) is 5.24. The van der Waals surface area contributed by atoms with Gasteiger partial charge in [0.15, 0.2) is 0 Å². The van der Waals surface area contributed by atoms with E-state index < -0.39 is 0 Å². The van der Waals surface area contributed by atoms with Gasteiger partial charge in [0.2, 0.25) is 0 Å². The maximum absolute atomic E-state index is 12.4. The number of nitrogens with one attached hydrogen (secondary N) is 1. The minimum absolute atomic E-state index is 0.341. The SMILES string of the molecule is O=c1on(-c2cc3ccccc3[nH]2)c2c(-c3ccccc3)cccc12. The number of fused-ring (bicyclic) bond motifs is 2. The Morgan fingerprint density at radius 2 is 1.64 bits per heavy atom. The van der Waals surface area contributed by atoms with Gasteiger partial charge >= 0.3 is 5.63 Å². The van der Waals surface area contributed by atoms with Gasteiger partial charge in [0.05, 0.1) is 5.39 Å². The van der Waals surface area contributed by atoms with Gasteiger partial charge in [-0.3, -0.25) is 0 Å². The van der Waals surface area contributed by atoms with Crippen molar-refractivity contribution in [2.75, 3.05) is 0 Å². The summed E-state index contributed by atoms with van der Waals surface area (Å²) in [5, 5.41) is 1.64. The van der Waals surface area contributed by atoms with E-state index in [0.717, 1.165) is 33.4 Å². The molecule has 120 valence electrons. The van der Waals surface area contributed by atoms with Crippen molar-refractivity contribution in [2.45, 2.75) is 0 Å². The van der Waals surface area contributed by atoms with Crippen LogP contribution in [0.5, 0.6) is 0 Å². The molecule has 4 nitrogen and oxygen atoms in total. The van der Waals surface area contributed by atoms with Crippen molar-refractivity contribution >= 4 is 21.8 Å². The smallest absolute Gasteiger partial charge is 0.339 e. The summed E-state index contributed by atoms with van der Waals surface area (Å²) >= 11 is 0. The van der Waals surface area contributed by atoms with Gasteiger partial charge in [-0.25, -0.2) is 4.79 Å². The third-order valence-corrected chi connectivity index (χ3v) is 4.45. The van der Waals surface area contributed by atoms with Gasteiger partial charge in [-0.2, -0.15) is 4.74 Å². The lowest BCUT2D eigenvalue weighted by atomic mass is 10.0. The second-order valence-corrected chi connectivity index (χ2v) is 5.98. The molecule has 0 atom stereocenters. The van der Waals surface area contributed by atoms with Gasteiger partial charge in [-0.05, 0) is 23.8 Å². The molecule has 0 aliphatic carbocycles. The highest BCUT2D eigenvalue weighted by Crippen LogP contribution is 2.30. The molecule has 0 radical (unpaired) electrons. The van der Waals surface area contributed by atoms with Crippen LogP contribution in [0.15, 0.2) is 88.2 Å². The molecule has 0 unspecified atom stereocenters. The number of hydrogen-bond acceptors (Lipinski definition) is 2. The Morgan fingerprint density at radius 3 is 2.48 bits per heavy atom. The van der Waals surface area contributed by atoms with E-state index >= 15 is 0 Å². The van der Waals surface area contributed by atoms with Crippen molar-refractivity contribution in [1.82, 2.24) is 9.72 Å². The van der Waals surface area contributed by atoms with E-state index in [1.165, 1.54) is 0 Å². The fourth-order valence-corrected chi connectivity index (χ4v) is 3.29. The molecule has 0 fully saturated rings. The lowest BCUT2D eigenvalue weighted by molar-refractivity contribution is 0.330. The zero-order valence-electron chi connectivity index (χ0n) is 13.3. The Balaban J connectivity index is 1.86. The monoisotopic (exact) mass is 326 g/mol. The number of rotatable bonds is 2. The highest BCUT2D eigenvalue weighted by molar-refractivity contribution is 5.94. The topological polar surface area (TPSA) is 50.9 Å². The summed E-state index contributed by atoms with van der Waals surface area (Å²) in [6.07, 6.45) is 0. The molecule has 4 heteroatoms. The zero-order valence-corrected chi connectivity index (χ0v) is 13.3. The largest absolute Gasteiger partial charge is 0.365 e. The van der Waals surface area contributed by atoms with Crippen LogP contribution in [-0.4, -0.2) is 9.72 Å². The molecule has 0 spiro atoms. The first-order valence-electron chi connectivity index (χ1n) is 8.10. The number of aromatic nitrogens is 2. The highest BCUT2D eigenvalue weighted by atomic mass is 16.5. The standard InChI is InChI=1S/C21H14N2O2/c24-21-17-11-6-10-16(14-7-2-1-3-8-14)20(17)23(25-21)19-13-15-9-4-5-12-18(15)22-19/h1-13,22H. The predicted octanol–water partition coefficient (Wildman–Crippen LogP) is 4.73. The van der Waals surface area contributed by atoms with Crippen LogP contribution in [0.3, 0.4) is 0 Å². The van der Waals surface area contributed by atoms with Crippen molar-refractivity contribution in [3.05, 3.63) is 89.3 Å². The maximum atomic E-state index is 12.4. The molecule has 3 aromatic carbocycles. The highest BCUT2D eigenvalue weighted by Gasteiger charge is 2.16. The molecular formula is C21H14N2O2. The normalized spacial score (nSPS) is 11.4. The average molecular weight is 326 g/mol. The van der Waals surface area contributed by atoms with Gasteiger partial charge in [0.25, 0.3) is 0 Å². The van der Waals surface area contributed by atoms with Gasteiger partial charge in [-0.15, -0.1) is 0 Å². The molecule has 0 amide bonds. The van der Waals surface area contributed by atoms with E-state index in [0.29, 0.717) is 5.39 Å². The first-order valence-corrected chi connectivity index (χ1v) is 8.10. The lowest BCUT2D eigenvalue weighted by Gasteiger charge is -2.06. The van der Waals surface area contributed by atoms with Crippen LogP contribution in [-0.2, 0) is 0 Å². The van der Waals surface area contributed by atoms with E-state index in [9.17, 15) is 4.79 Å². The van der Waals surface area contributed by atoms with E-state index in [1.54, 1.807) is 10.8 Å². The van der Waals surface area contributed by atoms with Gasteiger partial charge in [0.1, 0.15) is 11.3 Å². The Bertz CT molecular complexity index is 1230. The summed E-state index contributed by atoms with van der Waals surface area (Å²) in [4.78, 5) is 15.7. The fraction of sp³-hybridized carbons (Fsp3) is 0. The van der Waals surface area contributed by atoms with E-state index in [1.807, 2.05) is 72.8 Å². The lowest BCUT2D eigenvalue weighted by Crippen LogP contribution is -1.95. The third-order valence-electron chi connectivity index (χ3n) is 4.45. The number of benzene rings is 3. The van der Waals surface area contributed by atoms with Crippen LogP contribution in [0.25, 0.3) is 38.8 Å². The van der Waals surface area contributed by atoms with Gasteiger partial charge in [0, 0.05) is 16.5 Å². The fourth-order valence-electron chi connectivity index (χ4n) is 3.29. The number of para-hydroxylation sites is 2. The van der Waals surface area contributed by atoms with Crippen molar-refractivity contribution in [1.29, 1.82) is 0 Å². The molecule has 25 heavy (non-hydrogen) atoms. The minimum Gasteiger partial charge on any atom is -0.339 e. The molecule has 0 aliphatic rings. The van der Waals surface area contributed by atoms with Crippen molar-refractivity contribution in [3.63, 3.8) is 0 Å². The van der Waals surface area contributed by atoms with Gasteiger partial charge < -0.3 is 9.51 Å². The molecular weight excluding hydrogens is 312 g/mol. The summed E-state index contributed by atoms with van der Waals surface area (Å²) < 4.78 is 7.17. The third kappa shape index (κ3) is 2.11. The van der Waals surface area contributed by atoms with Gasteiger partial charge in [-0.1, -0.05) is 60.7 Å². The van der Waals surface area contributed by atoms with Crippen LogP contribution < -0.4 is 5.63 Å². The Kier molecular flexibility index (Phi) is 2.91. The first-order chi connectivity index (χ1) is 12.3. The molecule has 0 saturated carbocycles. The Hall–Kier alpha value is -3.53. The van der Waals surface area contributed by atoms with Crippen molar-refractivity contribution < 1.29 is 4.52 Å². The number of aromatic amines is 1. The molecule has 2 aromatic heterocycles. The Labute approximate surface area is 142 Å². The Morgan fingerprint density at radius 1 is 0.840 bits per heavy atom. The number of hydrogen-bond donors (Lipinski definition) is 1. The molecule has 0 saturated heterocycles. The summed E-state index contributed by atoms with van der Waals surface area (Å²) in [7, 11) is 0. The molecule has 1 N–H and O–H groups in total. The summed E-state index contributed by atoms with van der Waals surface area (Å²) in [5.41, 5.74) is 3.43. The van der Waals surface area contributed by atoms with Crippen molar-refractivity contribution in [3.8, 4) is 16.9 Å². The minimum atomic E-state index is -0.341. The van der Waals surface area contributed by atoms with Crippen LogP contribution in [0, 0.1) is 0 Å². The number of nitrogens with zero attached hydrogens (tertiary/aromatic N) is 1. The average Bonchev–Trinajstić information content (AvgIpc) is 3.24. The molecule has 0 bridgehead atoms. The summed E-state index contributed by atoms with van der Waals surface area (Å²) in [5.74, 6) is 0.733. The maximum Gasteiger partial charge on any atom is 0.365 e. The van der Waals surface area contributed by atoms with E-state index in [-0.39, 0.29) is 5.63 Å². The molecule has 5 rings (SSSR count). The second-order valence-electron chi connectivity index (χ2n) is 5.98. The molecule has 0 aliphatic heterocycles. The van der Waals surface area contributed by atoms with Crippen molar-refractivity contribution in [2.24, 2.45) is 0 Å². The number of H-pyrrole nitrogens is 1. The zero-order chi connectivity index (χ0) is 16.8. The predicted molar refractivity (Wildman–Crippen MR) is 99.1 cm³/mol. The first kappa shape index (κ1) is 13.9.